The van der Waals surface area contributed by atoms with Crippen LogP contribution in [0.15, 0.2) is 48.8 Å². The number of amides is 1. The lowest BCUT2D eigenvalue weighted by Crippen LogP contribution is -2.44. The molecule has 2 heterocycles. The van der Waals surface area contributed by atoms with Crippen LogP contribution in [0.5, 0.6) is 5.75 Å². The molecular weight excluding hydrogens is 318 g/mol. The van der Waals surface area contributed by atoms with Gasteiger partial charge in [-0.3, -0.25) is 14.7 Å². The van der Waals surface area contributed by atoms with Crippen molar-refractivity contribution in [2.75, 3.05) is 40.0 Å². The van der Waals surface area contributed by atoms with Crippen molar-refractivity contribution in [3.8, 4) is 5.75 Å². The summed E-state index contributed by atoms with van der Waals surface area (Å²) in [4.78, 5) is 18.7. The van der Waals surface area contributed by atoms with Crippen molar-refractivity contribution in [1.82, 2.24) is 15.2 Å². The van der Waals surface area contributed by atoms with Crippen LogP contribution >= 0.6 is 0 Å². The van der Waals surface area contributed by atoms with Gasteiger partial charge in [0.25, 0.3) is 5.91 Å². The fraction of sp³-hybridized carbons (Fsp3) is 0.368. The highest BCUT2D eigenvalue weighted by molar-refractivity contribution is 5.93. The smallest absolute Gasteiger partial charge is 0.251 e. The number of nitrogens with one attached hydrogen (secondary N) is 1. The fourth-order valence-electron chi connectivity index (χ4n) is 3.06. The van der Waals surface area contributed by atoms with Crippen LogP contribution in [0.4, 0.5) is 0 Å². The summed E-state index contributed by atoms with van der Waals surface area (Å²) >= 11 is 0. The average molecular weight is 341 g/mol. The molecule has 1 N–H and O–H groups in total. The van der Waals surface area contributed by atoms with Crippen LogP contribution in [-0.2, 0) is 4.74 Å². The van der Waals surface area contributed by atoms with Gasteiger partial charge in [-0.25, -0.2) is 0 Å². The van der Waals surface area contributed by atoms with Crippen LogP contribution in [0.1, 0.15) is 22.0 Å². The molecular formula is C19H23N3O3. The van der Waals surface area contributed by atoms with E-state index in [4.69, 9.17) is 9.47 Å². The van der Waals surface area contributed by atoms with Crippen molar-refractivity contribution in [2.24, 2.45) is 0 Å². The average Bonchev–Trinajstić information content (AvgIpc) is 2.70. The van der Waals surface area contributed by atoms with Gasteiger partial charge in [0.05, 0.1) is 26.4 Å². The molecule has 1 amide bonds. The van der Waals surface area contributed by atoms with Crippen molar-refractivity contribution < 1.29 is 14.3 Å². The summed E-state index contributed by atoms with van der Waals surface area (Å²) in [5, 5.41) is 3.04. The maximum Gasteiger partial charge on any atom is 0.251 e. The molecule has 2 aromatic rings. The molecule has 1 atom stereocenters. The maximum atomic E-state index is 12.4. The molecule has 0 radical (unpaired) electrons. The Morgan fingerprint density at radius 2 is 1.96 bits per heavy atom. The standard InChI is InChI=1S/C19H23N3O3/c1-24-18-5-3-2-4-16(18)17(22-10-12-25-13-11-22)14-21-19(23)15-6-8-20-9-7-15/h2-9,17H,10-14H2,1H3,(H,21,23). The molecule has 1 aromatic heterocycles. The Hall–Kier alpha value is -2.44. The van der Waals surface area contributed by atoms with E-state index in [1.165, 1.54) is 0 Å². The summed E-state index contributed by atoms with van der Waals surface area (Å²) in [5.74, 6) is 0.729. The minimum Gasteiger partial charge on any atom is -0.496 e. The highest BCUT2D eigenvalue weighted by atomic mass is 16.5. The molecule has 6 nitrogen and oxygen atoms in total. The molecule has 1 aliphatic rings. The predicted molar refractivity (Wildman–Crippen MR) is 94.7 cm³/mol. The first-order valence-corrected chi connectivity index (χ1v) is 8.42. The number of nitrogens with zero attached hydrogens (tertiary/aromatic N) is 2. The topological polar surface area (TPSA) is 63.7 Å². The van der Waals surface area contributed by atoms with E-state index in [1.54, 1.807) is 31.6 Å². The number of carbonyl (C=O) groups excluding carboxylic acids is 1. The molecule has 6 heteroatoms. The van der Waals surface area contributed by atoms with E-state index in [-0.39, 0.29) is 11.9 Å². The summed E-state index contributed by atoms with van der Waals surface area (Å²) in [7, 11) is 1.67. The zero-order valence-electron chi connectivity index (χ0n) is 14.4. The van der Waals surface area contributed by atoms with E-state index < -0.39 is 0 Å². The molecule has 1 unspecified atom stereocenters. The second-order valence-electron chi connectivity index (χ2n) is 5.85. The van der Waals surface area contributed by atoms with Crippen molar-refractivity contribution in [3.05, 3.63) is 59.9 Å². The molecule has 1 fully saturated rings. The van der Waals surface area contributed by atoms with Crippen molar-refractivity contribution >= 4 is 5.91 Å². The Bertz CT molecular complexity index is 687. The lowest BCUT2D eigenvalue weighted by atomic mass is 10.0. The van der Waals surface area contributed by atoms with E-state index in [0.717, 1.165) is 24.4 Å². The normalized spacial score (nSPS) is 16.2. The van der Waals surface area contributed by atoms with Gasteiger partial charge in [0.1, 0.15) is 5.75 Å². The minimum absolute atomic E-state index is 0.0332. The Kier molecular flexibility index (Phi) is 5.98. The maximum absolute atomic E-state index is 12.4. The summed E-state index contributed by atoms with van der Waals surface area (Å²) < 4.78 is 11.0. The largest absolute Gasteiger partial charge is 0.496 e. The molecule has 1 aliphatic heterocycles. The quantitative estimate of drug-likeness (QED) is 0.869. The van der Waals surface area contributed by atoms with Gasteiger partial charge in [-0.05, 0) is 18.2 Å². The first-order valence-electron chi connectivity index (χ1n) is 8.42. The summed E-state index contributed by atoms with van der Waals surface area (Å²) in [6.07, 6.45) is 3.24. The van der Waals surface area contributed by atoms with Crippen LogP contribution in [0.2, 0.25) is 0 Å². The lowest BCUT2D eigenvalue weighted by molar-refractivity contribution is 0.0157. The number of hydrogen-bond donors (Lipinski definition) is 1. The number of pyridine rings is 1. The van der Waals surface area contributed by atoms with E-state index in [2.05, 4.69) is 21.3 Å². The monoisotopic (exact) mass is 341 g/mol. The number of aromatic nitrogens is 1. The highest BCUT2D eigenvalue weighted by Crippen LogP contribution is 2.29. The molecule has 3 rings (SSSR count). The number of ether oxygens (including phenoxy) is 2. The SMILES string of the molecule is COc1ccccc1C(CNC(=O)c1ccncc1)N1CCOCC1. The zero-order valence-corrected chi connectivity index (χ0v) is 14.4. The number of morpholine rings is 1. The van der Waals surface area contributed by atoms with Gasteiger partial charge in [-0.1, -0.05) is 18.2 Å². The summed E-state index contributed by atoms with van der Waals surface area (Å²) in [6, 6.07) is 11.4. The Morgan fingerprint density at radius 3 is 2.68 bits per heavy atom. The van der Waals surface area contributed by atoms with Crippen LogP contribution < -0.4 is 10.1 Å². The molecule has 1 aromatic carbocycles. The highest BCUT2D eigenvalue weighted by Gasteiger charge is 2.25. The van der Waals surface area contributed by atoms with Crippen LogP contribution in [0.3, 0.4) is 0 Å². The van der Waals surface area contributed by atoms with Crippen molar-refractivity contribution in [3.63, 3.8) is 0 Å². The predicted octanol–water partition coefficient (Wildman–Crippen LogP) is 1.89. The number of rotatable bonds is 6. The van der Waals surface area contributed by atoms with E-state index in [1.807, 2.05) is 18.2 Å². The van der Waals surface area contributed by atoms with Gasteiger partial charge in [0, 0.05) is 43.2 Å². The van der Waals surface area contributed by atoms with Gasteiger partial charge < -0.3 is 14.8 Å². The molecule has 25 heavy (non-hydrogen) atoms. The summed E-state index contributed by atoms with van der Waals surface area (Å²) in [5.41, 5.74) is 1.68. The number of methoxy groups -OCH3 is 1. The molecule has 1 saturated heterocycles. The minimum atomic E-state index is -0.101. The van der Waals surface area contributed by atoms with Gasteiger partial charge >= 0.3 is 0 Å². The number of carbonyl (C=O) groups is 1. The Labute approximate surface area is 147 Å². The summed E-state index contributed by atoms with van der Waals surface area (Å²) in [6.45, 7) is 3.55. The van der Waals surface area contributed by atoms with Crippen molar-refractivity contribution in [1.29, 1.82) is 0 Å². The second kappa shape index (κ2) is 8.60. The van der Waals surface area contributed by atoms with Gasteiger partial charge in [0.15, 0.2) is 0 Å². The number of hydrogen-bond acceptors (Lipinski definition) is 5. The van der Waals surface area contributed by atoms with Crippen molar-refractivity contribution in [2.45, 2.75) is 6.04 Å². The van der Waals surface area contributed by atoms with E-state index in [9.17, 15) is 4.79 Å². The van der Waals surface area contributed by atoms with Gasteiger partial charge in [-0.15, -0.1) is 0 Å². The number of para-hydroxylation sites is 1. The Balaban J connectivity index is 1.78. The van der Waals surface area contributed by atoms with Crippen LogP contribution in [0, 0.1) is 0 Å². The van der Waals surface area contributed by atoms with E-state index in [0.29, 0.717) is 25.3 Å². The molecule has 0 bridgehead atoms. The third-order valence-electron chi connectivity index (χ3n) is 4.38. The first-order chi connectivity index (χ1) is 12.3. The fourth-order valence-corrected chi connectivity index (χ4v) is 3.06. The Morgan fingerprint density at radius 1 is 1.24 bits per heavy atom. The third kappa shape index (κ3) is 4.35. The molecule has 0 aliphatic carbocycles. The van der Waals surface area contributed by atoms with Crippen LogP contribution in [-0.4, -0.2) is 55.7 Å². The van der Waals surface area contributed by atoms with E-state index >= 15 is 0 Å². The lowest BCUT2D eigenvalue weighted by Gasteiger charge is -2.35. The first kappa shape index (κ1) is 17.4. The molecule has 132 valence electrons. The van der Waals surface area contributed by atoms with Crippen LogP contribution in [0.25, 0.3) is 0 Å². The zero-order chi connectivity index (χ0) is 17.5. The number of benzene rings is 1. The molecule has 0 spiro atoms. The van der Waals surface area contributed by atoms with Gasteiger partial charge in [-0.2, -0.15) is 0 Å². The second-order valence-corrected chi connectivity index (χ2v) is 5.85. The molecule has 0 saturated carbocycles. The van der Waals surface area contributed by atoms with Gasteiger partial charge in [0.2, 0.25) is 0 Å². The third-order valence-corrected chi connectivity index (χ3v) is 4.38.